The molecule has 0 fully saturated rings. The maximum Gasteiger partial charge on any atom is 0.417 e. The van der Waals surface area contributed by atoms with Crippen LogP contribution in [0.3, 0.4) is 0 Å². The van der Waals surface area contributed by atoms with Gasteiger partial charge in [-0.15, -0.1) is 0 Å². The van der Waals surface area contributed by atoms with Gasteiger partial charge in [-0.3, -0.25) is 4.79 Å². The summed E-state index contributed by atoms with van der Waals surface area (Å²) in [5, 5.41) is 9.40. The number of hydrogen-bond donors (Lipinski definition) is 1. The summed E-state index contributed by atoms with van der Waals surface area (Å²) in [6.45, 7) is -1.84. The molecule has 2 aromatic carbocycles. The van der Waals surface area contributed by atoms with Gasteiger partial charge in [0.25, 0.3) is 15.9 Å². The highest BCUT2D eigenvalue weighted by molar-refractivity contribution is 7.90. The van der Waals surface area contributed by atoms with Crippen LogP contribution in [0.1, 0.15) is 28.2 Å². The van der Waals surface area contributed by atoms with Crippen LogP contribution in [0, 0.1) is 6.92 Å². The zero-order valence-electron chi connectivity index (χ0n) is 17.4. The van der Waals surface area contributed by atoms with Gasteiger partial charge in [-0.1, -0.05) is 17.7 Å². The van der Waals surface area contributed by atoms with Gasteiger partial charge in [-0.25, -0.2) is 4.68 Å². The zero-order valence-corrected chi connectivity index (χ0v) is 19.0. The average molecular weight is 534 g/mol. The molecule has 0 spiro atoms. The minimum absolute atomic E-state index is 0.0625. The van der Waals surface area contributed by atoms with Crippen LogP contribution in [0.25, 0.3) is 10.9 Å². The maximum atomic E-state index is 13.4. The summed E-state index contributed by atoms with van der Waals surface area (Å²) in [4.78, 5) is 12.1. The van der Waals surface area contributed by atoms with Crippen LogP contribution in [-0.2, 0) is 16.2 Å². The van der Waals surface area contributed by atoms with Crippen molar-refractivity contribution in [2.75, 3.05) is 5.32 Å². The second-order valence-corrected chi connectivity index (χ2v) is 9.36. The number of hydrogen-bond acceptors (Lipinski definition) is 5. The van der Waals surface area contributed by atoms with Crippen molar-refractivity contribution in [3.8, 4) is 0 Å². The molecule has 0 saturated heterocycles. The number of aromatic nitrogens is 4. The molecule has 4 rings (SSSR count). The van der Waals surface area contributed by atoms with Crippen LogP contribution in [0.5, 0.6) is 0 Å². The van der Waals surface area contributed by atoms with Crippen molar-refractivity contribution in [2.24, 2.45) is 0 Å². The molecule has 15 heteroatoms. The summed E-state index contributed by atoms with van der Waals surface area (Å²) in [5.41, 5.74) is -2.38. The van der Waals surface area contributed by atoms with E-state index in [4.69, 9.17) is 11.6 Å². The largest absolute Gasteiger partial charge is 0.417 e. The molecular weight excluding hydrogens is 521 g/mol. The lowest BCUT2D eigenvalue weighted by molar-refractivity contribution is -0.137. The SMILES string of the molecule is Cc1nn(C(F)F)cc1S(=O)(=O)n1ncc2ccc(NC(=O)c3c(Cl)cccc3C(F)(F)F)cc21. The molecule has 35 heavy (non-hydrogen) atoms. The number of halogens is 6. The molecule has 2 heterocycles. The van der Waals surface area contributed by atoms with Crippen molar-refractivity contribution in [3.05, 3.63) is 70.6 Å². The van der Waals surface area contributed by atoms with E-state index in [1.807, 2.05) is 0 Å². The van der Waals surface area contributed by atoms with E-state index in [0.717, 1.165) is 18.2 Å². The van der Waals surface area contributed by atoms with Gasteiger partial charge >= 0.3 is 12.7 Å². The van der Waals surface area contributed by atoms with Crippen molar-refractivity contribution in [1.82, 2.24) is 19.0 Å². The Bertz CT molecular complexity index is 1560. The van der Waals surface area contributed by atoms with Gasteiger partial charge in [0.05, 0.1) is 39.8 Å². The molecule has 4 aromatic rings. The number of fused-ring (bicyclic) bond motifs is 1. The molecule has 1 N–H and O–H groups in total. The fourth-order valence-electron chi connectivity index (χ4n) is 3.36. The molecule has 0 bridgehead atoms. The van der Waals surface area contributed by atoms with Gasteiger partial charge in [0, 0.05) is 11.1 Å². The fraction of sp³-hybridized carbons (Fsp3) is 0.150. The monoisotopic (exact) mass is 533 g/mol. The van der Waals surface area contributed by atoms with E-state index in [1.54, 1.807) is 0 Å². The number of amides is 1. The molecule has 0 radical (unpaired) electrons. The highest BCUT2D eigenvalue weighted by Crippen LogP contribution is 2.35. The quantitative estimate of drug-likeness (QED) is 0.360. The number of alkyl halides is 5. The fourth-order valence-corrected chi connectivity index (χ4v) is 5.05. The normalized spacial score (nSPS) is 12.5. The van der Waals surface area contributed by atoms with E-state index in [-0.39, 0.29) is 21.6 Å². The van der Waals surface area contributed by atoms with E-state index in [1.165, 1.54) is 25.3 Å². The van der Waals surface area contributed by atoms with Gasteiger partial charge in [0.2, 0.25) is 0 Å². The average Bonchev–Trinajstić information content (AvgIpc) is 3.37. The number of anilines is 1. The zero-order chi connectivity index (χ0) is 25.7. The molecular formula is C20H13ClF5N5O3S. The second-order valence-electron chi connectivity index (χ2n) is 7.22. The summed E-state index contributed by atoms with van der Waals surface area (Å²) >= 11 is 5.85. The first-order valence-corrected chi connectivity index (χ1v) is 11.4. The molecule has 0 atom stereocenters. The van der Waals surface area contributed by atoms with E-state index in [0.29, 0.717) is 21.7 Å². The summed E-state index contributed by atoms with van der Waals surface area (Å²) in [6.07, 6.45) is -3.01. The Labute approximate surface area is 199 Å². The predicted octanol–water partition coefficient (Wildman–Crippen LogP) is 5.10. The van der Waals surface area contributed by atoms with Gasteiger partial charge in [0.15, 0.2) is 0 Å². The van der Waals surface area contributed by atoms with Gasteiger partial charge < -0.3 is 5.32 Å². The lowest BCUT2D eigenvalue weighted by Gasteiger charge is -2.14. The Morgan fingerprint density at radius 3 is 2.51 bits per heavy atom. The summed E-state index contributed by atoms with van der Waals surface area (Å²) < 4.78 is 92.9. The topological polar surface area (TPSA) is 98.9 Å². The van der Waals surface area contributed by atoms with Crippen LogP contribution < -0.4 is 5.32 Å². The number of rotatable bonds is 5. The molecule has 8 nitrogen and oxygen atoms in total. The number of carbonyl (C=O) groups excluding carboxylic acids is 1. The molecule has 2 aromatic heterocycles. The van der Waals surface area contributed by atoms with Crippen molar-refractivity contribution < 1.29 is 35.2 Å². The maximum absolute atomic E-state index is 13.4. The molecule has 0 aliphatic carbocycles. The molecule has 0 aliphatic heterocycles. The predicted molar refractivity (Wildman–Crippen MR) is 115 cm³/mol. The first kappa shape index (κ1) is 24.6. The Kier molecular flexibility index (Phi) is 6.05. The first-order valence-electron chi connectivity index (χ1n) is 9.55. The van der Waals surface area contributed by atoms with E-state index in [2.05, 4.69) is 15.5 Å². The highest BCUT2D eigenvalue weighted by Gasteiger charge is 2.36. The Balaban J connectivity index is 1.75. The van der Waals surface area contributed by atoms with E-state index >= 15 is 0 Å². The van der Waals surface area contributed by atoms with E-state index in [9.17, 15) is 35.2 Å². The van der Waals surface area contributed by atoms with Crippen molar-refractivity contribution >= 4 is 44.1 Å². The van der Waals surface area contributed by atoms with Gasteiger partial charge in [0.1, 0.15) is 4.90 Å². The third kappa shape index (κ3) is 4.46. The van der Waals surface area contributed by atoms with Crippen molar-refractivity contribution in [1.29, 1.82) is 0 Å². The Morgan fingerprint density at radius 1 is 1.17 bits per heavy atom. The third-order valence-corrected chi connectivity index (χ3v) is 6.94. The number of benzene rings is 2. The minimum Gasteiger partial charge on any atom is -0.322 e. The van der Waals surface area contributed by atoms with Crippen LogP contribution in [0.15, 0.2) is 53.7 Å². The number of nitrogens with zero attached hydrogens (tertiary/aromatic N) is 4. The molecule has 1 amide bonds. The van der Waals surface area contributed by atoms with Gasteiger partial charge in [-0.05, 0) is 37.3 Å². The standard InChI is InChI=1S/C20H13ClF5N5O3S/c1-10-16(9-30(29-10)19(22)23)35(33,34)31-15-7-12(6-5-11(15)8-27-31)28-18(32)17-13(20(24,25)26)3-2-4-14(17)21/h2-9,19H,1H3,(H,28,32). The molecule has 0 saturated carbocycles. The van der Waals surface area contributed by atoms with E-state index < -0.39 is 49.7 Å². The summed E-state index contributed by atoms with van der Waals surface area (Å²) in [5.74, 6) is -1.18. The number of nitrogens with one attached hydrogen (secondary N) is 1. The molecule has 0 unspecified atom stereocenters. The third-order valence-electron chi connectivity index (χ3n) is 4.92. The van der Waals surface area contributed by atoms with Crippen LogP contribution >= 0.6 is 11.6 Å². The highest BCUT2D eigenvalue weighted by atomic mass is 35.5. The lowest BCUT2D eigenvalue weighted by atomic mass is 10.1. The summed E-state index contributed by atoms with van der Waals surface area (Å²) in [7, 11) is -4.49. The van der Waals surface area contributed by atoms with Crippen LogP contribution in [0.4, 0.5) is 27.6 Å². The molecule has 0 aliphatic rings. The Morgan fingerprint density at radius 2 is 1.89 bits per heavy atom. The first-order chi connectivity index (χ1) is 16.3. The second kappa shape index (κ2) is 8.61. The van der Waals surface area contributed by atoms with Crippen molar-refractivity contribution in [2.45, 2.75) is 24.5 Å². The van der Waals surface area contributed by atoms with Crippen LogP contribution in [0.2, 0.25) is 5.02 Å². The van der Waals surface area contributed by atoms with Crippen LogP contribution in [-0.4, -0.2) is 33.3 Å². The lowest BCUT2D eigenvalue weighted by Crippen LogP contribution is -2.19. The summed E-state index contributed by atoms with van der Waals surface area (Å²) in [6, 6.07) is 6.73. The molecule has 184 valence electrons. The number of aryl methyl sites for hydroxylation is 1. The van der Waals surface area contributed by atoms with Gasteiger partial charge in [-0.2, -0.15) is 44.7 Å². The number of carbonyl (C=O) groups is 1. The smallest absolute Gasteiger partial charge is 0.322 e. The Hall–Kier alpha value is -3.52. The minimum atomic E-state index is -4.85. The van der Waals surface area contributed by atoms with Crippen molar-refractivity contribution in [3.63, 3.8) is 0 Å².